The number of hydrogen-bond donors (Lipinski definition) is 2. The standard InChI is InChI=1S/C25H29NO5/c1-4-31-25(30)18(3)14-22(26-23(27)15-17(2)24(28)29)16-19-10-12-21(13-11-19)20-8-6-5-7-9-20/h5-13,15,18,22H,4,14,16H2,1-3H3,(H,26,27)(H,28,29)/b17-15-/t18-,22+/m1/s1. The molecule has 1 amide bonds. The molecule has 6 nitrogen and oxygen atoms in total. The second-order valence-corrected chi connectivity index (χ2v) is 7.49. The number of aliphatic carboxylic acids is 1. The Balaban J connectivity index is 2.15. The number of hydrogen-bond acceptors (Lipinski definition) is 4. The number of esters is 1. The Labute approximate surface area is 182 Å². The van der Waals surface area contributed by atoms with E-state index in [-0.39, 0.29) is 17.6 Å². The van der Waals surface area contributed by atoms with Gasteiger partial charge in [-0.15, -0.1) is 0 Å². The average Bonchev–Trinajstić information content (AvgIpc) is 2.74. The lowest BCUT2D eigenvalue weighted by atomic mass is 9.95. The van der Waals surface area contributed by atoms with Crippen LogP contribution in [0.3, 0.4) is 0 Å². The number of ether oxygens (including phenoxy) is 1. The zero-order chi connectivity index (χ0) is 22.8. The molecule has 0 aromatic heterocycles. The number of amides is 1. The monoisotopic (exact) mass is 423 g/mol. The second kappa shape index (κ2) is 11.7. The summed E-state index contributed by atoms with van der Waals surface area (Å²) in [6, 6.07) is 17.7. The summed E-state index contributed by atoms with van der Waals surface area (Å²) in [5.74, 6) is -2.37. The highest BCUT2D eigenvalue weighted by molar-refractivity contribution is 5.97. The molecule has 2 atom stereocenters. The molecule has 2 aromatic rings. The van der Waals surface area contributed by atoms with Crippen LogP contribution in [0.1, 0.15) is 32.8 Å². The van der Waals surface area contributed by atoms with Crippen LogP contribution in [-0.4, -0.2) is 35.6 Å². The van der Waals surface area contributed by atoms with Gasteiger partial charge in [0.05, 0.1) is 12.5 Å². The van der Waals surface area contributed by atoms with Crippen molar-refractivity contribution in [3.8, 4) is 11.1 Å². The first-order valence-corrected chi connectivity index (χ1v) is 10.3. The van der Waals surface area contributed by atoms with Crippen LogP contribution >= 0.6 is 0 Å². The topological polar surface area (TPSA) is 92.7 Å². The molecule has 2 rings (SSSR count). The summed E-state index contributed by atoms with van der Waals surface area (Å²) in [6.07, 6.45) is 1.94. The molecule has 0 heterocycles. The molecule has 164 valence electrons. The van der Waals surface area contributed by atoms with E-state index in [1.54, 1.807) is 13.8 Å². The van der Waals surface area contributed by atoms with E-state index in [1.165, 1.54) is 6.92 Å². The number of benzene rings is 2. The third kappa shape index (κ3) is 7.74. The highest BCUT2D eigenvalue weighted by atomic mass is 16.5. The van der Waals surface area contributed by atoms with Crippen molar-refractivity contribution < 1.29 is 24.2 Å². The van der Waals surface area contributed by atoms with Gasteiger partial charge in [0.25, 0.3) is 0 Å². The van der Waals surface area contributed by atoms with Crippen molar-refractivity contribution in [2.24, 2.45) is 5.92 Å². The molecule has 0 aliphatic heterocycles. The number of rotatable bonds is 10. The predicted octanol–water partition coefficient (Wildman–Crippen LogP) is 4.00. The molecule has 0 aliphatic carbocycles. The Morgan fingerprint density at radius 1 is 1.03 bits per heavy atom. The quantitative estimate of drug-likeness (QED) is 0.445. The first-order chi connectivity index (χ1) is 14.8. The fraction of sp³-hybridized carbons (Fsp3) is 0.320. The molecule has 0 saturated carbocycles. The first-order valence-electron chi connectivity index (χ1n) is 10.3. The van der Waals surface area contributed by atoms with Gasteiger partial charge in [-0.05, 0) is 43.4 Å². The minimum Gasteiger partial charge on any atom is -0.478 e. The average molecular weight is 424 g/mol. The van der Waals surface area contributed by atoms with E-state index in [9.17, 15) is 14.4 Å². The molecule has 0 bridgehead atoms. The van der Waals surface area contributed by atoms with Crippen molar-refractivity contribution in [1.82, 2.24) is 5.32 Å². The summed E-state index contributed by atoms with van der Waals surface area (Å²) in [6.45, 7) is 5.16. The van der Waals surface area contributed by atoms with E-state index in [2.05, 4.69) is 5.32 Å². The summed E-state index contributed by atoms with van der Waals surface area (Å²) in [5, 5.41) is 11.8. The molecule has 0 aliphatic rings. The van der Waals surface area contributed by atoms with Gasteiger partial charge in [-0.2, -0.15) is 0 Å². The summed E-state index contributed by atoms with van der Waals surface area (Å²) in [5.41, 5.74) is 3.15. The third-order valence-electron chi connectivity index (χ3n) is 4.90. The minimum absolute atomic E-state index is 0.0538. The lowest BCUT2D eigenvalue weighted by molar-refractivity contribution is -0.148. The molecular formula is C25H29NO5. The zero-order valence-electron chi connectivity index (χ0n) is 18.1. The molecule has 6 heteroatoms. The van der Waals surface area contributed by atoms with Gasteiger partial charge in [0.15, 0.2) is 0 Å². The van der Waals surface area contributed by atoms with E-state index in [1.807, 2.05) is 54.6 Å². The minimum atomic E-state index is -1.15. The maximum Gasteiger partial charge on any atom is 0.331 e. The van der Waals surface area contributed by atoms with Crippen LogP contribution in [0.15, 0.2) is 66.2 Å². The number of nitrogens with one attached hydrogen (secondary N) is 1. The lowest BCUT2D eigenvalue weighted by Gasteiger charge is -2.21. The number of carboxylic acids is 1. The molecule has 31 heavy (non-hydrogen) atoms. The van der Waals surface area contributed by atoms with Crippen molar-refractivity contribution >= 4 is 17.8 Å². The third-order valence-corrected chi connectivity index (χ3v) is 4.90. The molecule has 0 unspecified atom stereocenters. The Kier molecular flexibility index (Phi) is 9.00. The van der Waals surface area contributed by atoms with E-state index in [0.29, 0.717) is 19.4 Å². The van der Waals surface area contributed by atoms with Gasteiger partial charge in [-0.3, -0.25) is 9.59 Å². The van der Waals surface area contributed by atoms with Crippen LogP contribution in [0.4, 0.5) is 0 Å². The van der Waals surface area contributed by atoms with Gasteiger partial charge in [-0.25, -0.2) is 4.79 Å². The molecule has 2 N–H and O–H groups in total. The maximum absolute atomic E-state index is 12.3. The Hall–Kier alpha value is -3.41. The van der Waals surface area contributed by atoms with Crippen molar-refractivity contribution in [2.45, 2.75) is 39.7 Å². The molecular weight excluding hydrogens is 394 g/mol. The van der Waals surface area contributed by atoms with Gasteiger partial charge in [0.1, 0.15) is 0 Å². The Bertz CT molecular complexity index is 919. The van der Waals surface area contributed by atoms with Gasteiger partial charge in [0.2, 0.25) is 5.91 Å². The van der Waals surface area contributed by atoms with Crippen LogP contribution in [0.25, 0.3) is 11.1 Å². The number of carbonyl (C=O) groups excluding carboxylic acids is 2. The number of carboxylic acid groups (broad SMARTS) is 1. The summed E-state index contributed by atoms with van der Waals surface area (Å²) in [7, 11) is 0. The van der Waals surface area contributed by atoms with Crippen molar-refractivity contribution in [2.75, 3.05) is 6.61 Å². The van der Waals surface area contributed by atoms with Crippen molar-refractivity contribution in [3.63, 3.8) is 0 Å². The van der Waals surface area contributed by atoms with Gasteiger partial charge < -0.3 is 15.2 Å². The highest BCUT2D eigenvalue weighted by Gasteiger charge is 2.22. The molecule has 0 spiro atoms. The summed E-state index contributed by atoms with van der Waals surface area (Å²) < 4.78 is 5.08. The van der Waals surface area contributed by atoms with Crippen LogP contribution in [0.5, 0.6) is 0 Å². The summed E-state index contributed by atoms with van der Waals surface area (Å²) >= 11 is 0. The molecule has 0 saturated heterocycles. The van der Waals surface area contributed by atoms with Crippen LogP contribution in [-0.2, 0) is 25.5 Å². The molecule has 0 radical (unpaired) electrons. The van der Waals surface area contributed by atoms with Gasteiger partial charge in [0, 0.05) is 17.7 Å². The predicted molar refractivity (Wildman–Crippen MR) is 119 cm³/mol. The van der Waals surface area contributed by atoms with E-state index in [0.717, 1.165) is 22.8 Å². The summed E-state index contributed by atoms with van der Waals surface area (Å²) in [4.78, 5) is 35.4. The SMILES string of the molecule is CCOC(=O)[C@H](C)C[C@@H](Cc1ccc(-c2ccccc2)cc1)NC(=O)/C=C(/C)C(=O)O. The highest BCUT2D eigenvalue weighted by Crippen LogP contribution is 2.21. The zero-order valence-corrected chi connectivity index (χ0v) is 18.1. The normalized spacial score (nSPS) is 13.2. The largest absolute Gasteiger partial charge is 0.478 e. The molecule has 2 aromatic carbocycles. The van der Waals surface area contributed by atoms with Crippen LogP contribution in [0.2, 0.25) is 0 Å². The van der Waals surface area contributed by atoms with E-state index < -0.39 is 17.8 Å². The first kappa shape index (κ1) is 23.9. The lowest BCUT2D eigenvalue weighted by Crippen LogP contribution is -2.38. The smallest absolute Gasteiger partial charge is 0.331 e. The van der Waals surface area contributed by atoms with Crippen LogP contribution in [0, 0.1) is 5.92 Å². The van der Waals surface area contributed by atoms with Crippen molar-refractivity contribution in [3.05, 3.63) is 71.8 Å². The Morgan fingerprint density at radius 3 is 2.23 bits per heavy atom. The van der Waals surface area contributed by atoms with E-state index in [4.69, 9.17) is 9.84 Å². The number of carbonyl (C=O) groups is 3. The second-order valence-electron chi connectivity index (χ2n) is 7.49. The van der Waals surface area contributed by atoms with E-state index >= 15 is 0 Å². The van der Waals surface area contributed by atoms with Gasteiger partial charge in [-0.1, -0.05) is 61.5 Å². The van der Waals surface area contributed by atoms with Crippen molar-refractivity contribution in [1.29, 1.82) is 0 Å². The van der Waals surface area contributed by atoms with Gasteiger partial charge >= 0.3 is 11.9 Å². The van der Waals surface area contributed by atoms with Crippen LogP contribution < -0.4 is 5.32 Å². The Morgan fingerprint density at radius 2 is 1.65 bits per heavy atom. The maximum atomic E-state index is 12.3. The fourth-order valence-corrected chi connectivity index (χ4v) is 3.25. The molecule has 0 fully saturated rings. The fourth-order valence-electron chi connectivity index (χ4n) is 3.25.